The number of esters is 1. The first kappa shape index (κ1) is 36.1. The second-order valence-electron chi connectivity index (χ2n) is 10.1. The number of aryl methyl sites for hydroxylation is 1. The molecule has 0 atom stereocenters. The summed E-state index contributed by atoms with van der Waals surface area (Å²) in [7, 11) is 0. The fourth-order valence-corrected chi connectivity index (χ4v) is 4.71. The van der Waals surface area contributed by atoms with Gasteiger partial charge in [-0.15, -0.1) is 9.13 Å². The summed E-state index contributed by atoms with van der Waals surface area (Å²) in [6, 6.07) is 10.1. The van der Waals surface area contributed by atoms with Crippen molar-refractivity contribution in [1.29, 1.82) is 0 Å². The zero-order valence-corrected chi connectivity index (χ0v) is 25.5. The summed E-state index contributed by atoms with van der Waals surface area (Å²) in [4.78, 5) is 12.1. The van der Waals surface area contributed by atoms with Gasteiger partial charge < -0.3 is 29.6 Å². The van der Waals surface area contributed by atoms with Gasteiger partial charge >= 0.3 is 11.8 Å². The summed E-state index contributed by atoms with van der Waals surface area (Å²) in [6.45, 7) is 10.7. The van der Waals surface area contributed by atoms with Crippen molar-refractivity contribution in [3.05, 3.63) is 60.6 Å². The van der Waals surface area contributed by atoms with Gasteiger partial charge in [0, 0.05) is 30.5 Å². The molecule has 0 saturated carbocycles. The van der Waals surface area contributed by atoms with Crippen LogP contribution in [0.5, 0.6) is 5.75 Å². The second-order valence-corrected chi connectivity index (χ2v) is 10.1. The van der Waals surface area contributed by atoms with E-state index < -0.39 is 0 Å². The number of aromatic nitrogens is 2. The molecule has 0 bridgehead atoms. The van der Waals surface area contributed by atoms with Gasteiger partial charge in [-0.3, -0.25) is 0 Å². The summed E-state index contributed by atoms with van der Waals surface area (Å²) < 4.78 is 10.1. The zero-order valence-electron chi connectivity index (χ0n) is 24.0. The molecule has 38 heavy (non-hydrogen) atoms. The number of hydrogen-bond donors (Lipinski definition) is 0. The Morgan fingerprint density at radius 2 is 1.32 bits per heavy atom. The summed E-state index contributed by atoms with van der Waals surface area (Å²) in [5.41, 5.74) is 1.38. The lowest BCUT2D eigenvalue weighted by Gasteiger charge is -2.08. The van der Waals surface area contributed by atoms with Gasteiger partial charge in [-0.1, -0.05) is 97.5 Å². The van der Waals surface area contributed by atoms with Crippen molar-refractivity contribution in [2.75, 3.05) is 0 Å². The predicted molar refractivity (Wildman–Crippen MR) is 148 cm³/mol. The van der Waals surface area contributed by atoms with Crippen LogP contribution in [-0.4, -0.2) is 5.97 Å². The SMILES string of the molecule is C=C(C)C(=O)Oc1ccc[n+](-c2cccc[n+]2CCCCCCCCCCCCCCCC)c1CC.[Cl-].[Cl-]. The first-order valence-electron chi connectivity index (χ1n) is 14.5. The first-order valence-corrected chi connectivity index (χ1v) is 14.5. The Morgan fingerprint density at radius 3 is 1.84 bits per heavy atom. The minimum Gasteiger partial charge on any atom is -1.00 e. The Hall–Kier alpha value is -1.91. The lowest BCUT2D eigenvalue weighted by atomic mass is 10.0. The molecule has 0 aromatic carbocycles. The number of unbranched alkanes of at least 4 members (excludes halogenated alkanes) is 13. The molecule has 4 nitrogen and oxygen atoms in total. The standard InChI is InChI=1S/C32H50N2O2.2ClH/c1-5-7-8-9-10-11-12-13-14-15-16-17-18-20-25-33-26-21-19-24-31(33)34-27-22-23-30(29(34)6-2)36-32(35)28(3)4;;/h19,21-24,26-27H,3,5-18,20,25H2,1-2,4H3;2*1H/q+2;;/p-2. The highest BCUT2D eigenvalue weighted by Crippen LogP contribution is 2.17. The van der Waals surface area contributed by atoms with Crippen LogP contribution in [0.3, 0.4) is 0 Å². The Bertz CT molecular complexity index is 933. The van der Waals surface area contributed by atoms with Crippen LogP contribution in [0.15, 0.2) is 54.9 Å². The lowest BCUT2D eigenvalue weighted by Crippen LogP contribution is -3.00. The maximum absolute atomic E-state index is 12.1. The topological polar surface area (TPSA) is 34.1 Å². The third-order valence-corrected chi connectivity index (χ3v) is 6.86. The van der Waals surface area contributed by atoms with E-state index in [2.05, 4.69) is 54.0 Å². The van der Waals surface area contributed by atoms with E-state index in [0.29, 0.717) is 11.3 Å². The molecule has 0 aliphatic rings. The van der Waals surface area contributed by atoms with E-state index >= 15 is 0 Å². The molecule has 2 aromatic rings. The van der Waals surface area contributed by atoms with Crippen LogP contribution < -0.4 is 38.7 Å². The van der Waals surface area contributed by atoms with E-state index in [9.17, 15) is 4.79 Å². The number of pyridine rings is 2. The molecule has 0 radical (unpaired) electrons. The molecule has 0 N–H and O–H groups in total. The molecule has 6 heteroatoms. The molecule has 0 amide bonds. The highest BCUT2D eigenvalue weighted by Gasteiger charge is 2.26. The largest absolute Gasteiger partial charge is 1.00 e. The van der Waals surface area contributed by atoms with Gasteiger partial charge in [0.1, 0.15) is 0 Å². The third kappa shape index (κ3) is 13.2. The van der Waals surface area contributed by atoms with Crippen molar-refractivity contribution in [3.63, 3.8) is 0 Å². The third-order valence-electron chi connectivity index (χ3n) is 6.86. The summed E-state index contributed by atoms with van der Waals surface area (Å²) in [5.74, 6) is 1.31. The number of carbonyl (C=O) groups is 1. The van der Waals surface area contributed by atoms with Crippen LogP contribution in [0.4, 0.5) is 0 Å². The van der Waals surface area contributed by atoms with E-state index in [4.69, 9.17) is 4.74 Å². The van der Waals surface area contributed by atoms with Crippen LogP contribution in [0.25, 0.3) is 5.82 Å². The van der Waals surface area contributed by atoms with Crippen LogP contribution in [0.2, 0.25) is 0 Å². The smallest absolute Gasteiger partial charge is 0.449 e. The zero-order chi connectivity index (χ0) is 26.0. The van der Waals surface area contributed by atoms with E-state index in [1.807, 2.05) is 18.3 Å². The van der Waals surface area contributed by atoms with E-state index in [-0.39, 0.29) is 30.8 Å². The van der Waals surface area contributed by atoms with Crippen molar-refractivity contribution < 1.29 is 43.5 Å². The number of halogens is 2. The fraction of sp³-hybridized carbons (Fsp3) is 0.594. The Morgan fingerprint density at radius 1 is 0.763 bits per heavy atom. The van der Waals surface area contributed by atoms with Gasteiger partial charge in [0.15, 0.2) is 24.7 Å². The summed E-state index contributed by atoms with van der Waals surface area (Å²) >= 11 is 0. The van der Waals surface area contributed by atoms with Crippen LogP contribution in [0.1, 0.15) is 116 Å². The van der Waals surface area contributed by atoms with Crippen LogP contribution >= 0.6 is 0 Å². The Balaban J connectivity index is 0.00000684. The molecule has 2 heterocycles. The molecule has 2 rings (SSSR count). The number of rotatable bonds is 19. The van der Waals surface area contributed by atoms with Gasteiger partial charge in [-0.25, -0.2) is 4.79 Å². The number of hydrogen-bond acceptors (Lipinski definition) is 2. The quantitative estimate of drug-likeness (QED) is 0.113. The van der Waals surface area contributed by atoms with Crippen molar-refractivity contribution in [1.82, 2.24) is 0 Å². The maximum atomic E-state index is 12.1. The predicted octanol–water partition coefficient (Wildman–Crippen LogP) is 1.78. The molecular formula is C32H50Cl2N2O2. The molecule has 0 saturated heterocycles. The van der Waals surface area contributed by atoms with Gasteiger partial charge in [-0.05, 0) is 25.5 Å². The molecule has 2 aromatic heterocycles. The van der Waals surface area contributed by atoms with E-state index in [1.54, 1.807) is 6.92 Å². The maximum Gasteiger partial charge on any atom is 0.449 e. The molecule has 0 aliphatic carbocycles. The lowest BCUT2D eigenvalue weighted by molar-refractivity contribution is -0.795. The highest BCUT2D eigenvalue weighted by atomic mass is 35.5. The van der Waals surface area contributed by atoms with Crippen molar-refractivity contribution in [2.24, 2.45) is 0 Å². The number of nitrogens with zero attached hydrogens (tertiary/aromatic N) is 2. The minimum atomic E-state index is -0.384. The number of carbonyl (C=O) groups excluding carboxylic acids is 1. The monoisotopic (exact) mass is 564 g/mol. The minimum absolute atomic E-state index is 0. The molecule has 0 spiro atoms. The van der Waals surface area contributed by atoms with Crippen LogP contribution in [-0.2, 0) is 17.8 Å². The molecular weight excluding hydrogens is 515 g/mol. The average molecular weight is 566 g/mol. The first-order chi connectivity index (χ1) is 17.6. The molecule has 0 unspecified atom stereocenters. The number of ether oxygens (including phenoxy) is 1. The van der Waals surface area contributed by atoms with Gasteiger partial charge in [0.25, 0.3) is 0 Å². The van der Waals surface area contributed by atoms with Gasteiger partial charge in [0.05, 0.1) is 6.07 Å². The molecule has 0 aliphatic heterocycles. The highest BCUT2D eigenvalue weighted by molar-refractivity contribution is 5.88. The summed E-state index contributed by atoms with van der Waals surface area (Å²) in [5, 5.41) is 0. The average Bonchev–Trinajstić information content (AvgIpc) is 2.89. The summed E-state index contributed by atoms with van der Waals surface area (Å²) in [6.07, 6.45) is 24.1. The van der Waals surface area contributed by atoms with Gasteiger partial charge in [-0.2, -0.15) is 0 Å². The Labute approximate surface area is 244 Å². The molecule has 0 fully saturated rings. The van der Waals surface area contributed by atoms with Gasteiger partial charge in [0.2, 0.25) is 5.69 Å². The van der Waals surface area contributed by atoms with Crippen LogP contribution in [0, 0.1) is 0 Å². The van der Waals surface area contributed by atoms with E-state index in [1.165, 1.54) is 89.9 Å². The van der Waals surface area contributed by atoms with Crippen molar-refractivity contribution >= 4 is 5.97 Å². The second kappa shape index (κ2) is 22.0. The van der Waals surface area contributed by atoms with Crippen molar-refractivity contribution in [2.45, 2.75) is 124 Å². The Kier molecular flexibility index (Phi) is 20.9. The molecule has 214 valence electrons. The van der Waals surface area contributed by atoms with E-state index in [0.717, 1.165) is 24.5 Å². The normalized spacial score (nSPS) is 10.4. The fourth-order valence-electron chi connectivity index (χ4n) is 4.71. The van der Waals surface area contributed by atoms with Crippen molar-refractivity contribution in [3.8, 4) is 11.6 Å².